The number of nitrogens with zero attached hydrogens (tertiary/aromatic N) is 4. The van der Waals surface area contributed by atoms with E-state index in [2.05, 4.69) is 32.1 Å². The molecule has 0 bridgehead atoms. The minimum absolute atomic E-state index is 0.568. The molecular weight excluding hydrogens is 238 g/mol. The van der Waals surface area contributed by atoms with Gasteiger partial charge in [-0.3, -0.25) is 5.73 Å². The van der Waals surface area contributed by atoms with Crippen LogP contribution in [-0.2, 0) is 18.5 Å². The Morgan fingerprint density at radius 2 is 1.95 bits per heavy atom. The lowest BCUT2D eigenvalue weighted by Crippen LogP contribution is -2.47. The zero-order valence-corrected chi connectivity index (χ0v) is 10.4. The van der Waals surface area contributed by atoms with Crippen molar-refractivity contribution in [2.24, 2.45) is 25.7 Å². The Balaban J connectivity index is 1.84. The smallest absolute Gasteiger partial charge is 0.182 e. The number of hydrogen-bond donors (Lipinski definition) is 1. The van der Waals surface area contributed by atoms with Gasteiger partial charge in [-0.2, -0.15) is 0 Å². The number of amidine groups is 1. The van der Waals surface area contributed by atoms with Crippen molar-refractivity contribution in [3.63, 3.8) is 0 Å². The summed E-state index contributed by atoms with van der Waals surface area (Å²) in [6.07, 6.45) is 6.46. The first-order valence-corrected chi connectivity index (χ1v) is 6.41. The fourth-order valence-electron chi connectivity index (χ4n) is 2.88. The zero-order chi connectivity index (χ0) is 12.9. The summed E-state index contributed by atoms with van der Waals surface area (Å²) >= 11 is 0. The molecule has 2 heterocycles. The summed E-state index contributed by atoms with van der Waals surface area (Å²) in [5.74, 6) is 0.568. The molecule has 0 amide bonds. The Labute approximate surface area is 110 Å². The van der Waals surface area contributed by atoms with E-state index < -0.39 is 5.66 Å². The van der Waals surface area contributed by atoms with Crippen LogP contribution in [0.25, 0.3) is 0 Å². The Kier molecular flexibility index (Phi) is 2.08. The molecule has 1 atom stereocenters. The predicted molar refractivity (Wildman–Crippen MR) is 76.2 cm³/mol. The number of aryl methyl sites for hydroxylation is 2. The van der Waals surface area contributed by atoms with Gasteiger partial charge in [-0.25, -0.2) is 20.0 Å². The molecule has 0 spiro atoms. The van der Waals surface area contributed by atoms with E-state index in [9.17, 15) is 0 Å². The van der Waals surface area contributed by atoms with Gasteiger partial charge in [0.15, 0.2) is 11.5 Å². The fraction of sp³-hybridized carbons (Fsp3) is 0.286. The van der Waals surface area contributed by atoms with Crippen LogP contribution in [0, 0.1) is 0 Å². The number of aliphatic imine (C=N–C) groups is 4. The molecule has 5 nitrogen and oxygen atoms in total. The van der Waals surface area contributed by atoms with Gasteiger partial charge in [0.2, 0.25) is 0 Å². The standard InChI is InChI=1S/C14H13N5/c15-14(12-13(17-7-16-12)18-8-19-14)11-5-4-9-2-1-3-10(9)6-11/h4-8H,1-3,15H2. The van der Waals surface area contributed by atoms with E-state index >= 15 is 0 Å². The highest BCUT2D eigenvalue weighted by molar-refractivity contribution is 6.50. The second-order valence-corrected chi connectivity index (χ2v) is 5.02. The molecule has 2 N–H and O–H groups in total. The average molecular weight is 251 g/mol. The molecule has 0 aromatic heterocycles. The molecule has 4 rings (SSSR count). The number of rotatable bonds is 1. The predicted octanol–water partition coefficient (Wildman–Crippen LogP) is 1.21. The maximum atomic E-state index is 6.47. The van der Waals surface area contributed by atoms with Crippen molar-refractivity contribution in [1.82, 2.24) is 0 Å². The van der Waals surface area contributed by atoms with Crippen LogP contribution in [0.3, 0.4) is 0 Å². The van der Waals surface area contributed by atoms with E-state index in [1.165, 1.54) is 30.2 Å². The van der Waals surface area contributed by atoms with Gasteiger partial charge in [0.1, 0.15) is 18.4 Å². The molecular formula is C14H13N5. The molecule has 1 aromatic rings. The third-order valence-electron chi connectivity index (χ3n) is 3.92. The summed E-state index contributed by atoms with van der Waals surface area (Å²) in [4.78, 5) is 16.8. The first kappa shape index (κ1) is 10.8. The van der Waals surface area contributed by atoms with E-state index in [0.717, 1.165) is 18.4 Å². The summed E-state index contributed by atoms with van der Waals surface area (Å²) in [6.45, 7) is 0. The van der Waals surface area contributed by atoms with E-state index in [4.69, 9.17) is 5.73 Å². The number of hydrogen-bond acceptors (Lipinski definition) is 5. The third-order valence-corrected chi connectivity index (χ3v) is 3.92. The van der Waals surface area contributed by atoms with E-state index in [-0.39, 0.29) is 0 Å². The van der Waals surface area contributed by atoms with Crippen molar-refractivity contribution in [3.8, 4) is 0 Å². The van der Waals surface area contributed by atoms with Gasteiger partial charge in [0, 0.05) is 5.56 Å². The van der Waals surface area contributed by atoms with Crippen LogP contribution in [0.4, 0.5) is 0 Å². The van der Waals surface area contributed by atoms with Crippen LogP contribution < -0.4 is 5.73 Å². The summed E-state index contributed by atoms with van der Waals surface area (Å²) < 4.78 is 0. The highest BCUT2D eigenvalue weighted by Gasteiger charge is 2.39. The molecule has 19 heavy (non-hydrogen) atoms. The SMILES string of the molecule is NC1(c2ccc3c(c2)CCC3)N=CN=C2N=CN=C21. The van der Waals surface area contributed by atoms with E-state index in [1.807, 2.05) is 6.07 Å². The Hall–Kier alpha value is -2.14. The van der Waals surface area contributed by atoms with Crippen molar-refractivity contribution < 1.29 is 0 Å². The molecule has 3 aliphatic rings. The topological polar surface area (TPSA) is 75.5 Å². The Morgan fingerprint density at radius 3 is 2.89 bits per heavy atom. The number of benzene rings is 1. The zero-order valence-electron chi connectivity index (χ0n) is 10.4. The lowest BCUT2D eigenvalue weighted by molar-refractivity contribution is 0.646. The van der Waals surface area contributed by atoms with Crippen LogP contribution in [0.5, 0.6) is 0 Å². The molecule has 94 valence electrons. The van der Waals surface area contributed by atoms with Crippen molar-refractivity contribution in [3.05, 3.63) is 34.9 Å². The monoisotopic (exact) mass is 251 g/mol. The van der Waals surface area contributed by atoms with Crippen molar-refractivity contribution >= 4 is 24.2 Å². The summed E-state index contributed by atoms with van der Waals surface area (Å²) in [5.41, 5.74) is 9.91. The molecule has 1 unspecified atom stereocenters. The third kappa shape index (κ3) is 1.45. The first-order valence-electron chi connectivity index (χ1n) is 6.41. The minimum atomic E-state index is -0.953. The van der Waals surface area contributed by atoms with Gasteiger partial charge >= 0.3 is 0 Å². The minimum Gasteiger partial charge on any atom is -0.298 e. The molecule has 0 saturated heterocycles. The number of nitrogens with two attached hydrogens (primary N) is 1. The normalized spacial score (nSPS) is 27.0. The maximum absolute atomic E-state index is 6.47. The van der Waals surface area contributed by atoms with Gasteiger partial charge in [0.05, 0.1) is 0 Å². The molecule has 2 aliphatic heterocycles. The van der Waals surface area contributed by atoms with Crippen molar-refractivity contribution in [2.45, 2.75) is 24.9 Å². The summed E-state index contributed by atoms with van der Waals surface area (Å²) in [5, 5.41) is 0. The lowest BCUT2D eigenvalue weighted by atomic mass is 9.91. The quantitative estimate of drug-likeness (QED) is 0.800. The van der Waals surface area contributed by atoms with Crippen LogP contribution in [0.15, 0.2) is 38.2 Å². The average Bonchev–Trinajstić information content (AvgIpc) is 3.07. The van der Waals surface area contributed by atoms with Crippen LogP contribution >= 0.6 is 0 Å². The number of fused-ring (bicyclic) bond motifs is 2. The first-order chi connectivity index (χ1) is 9.27. The van der Waals surface area contributed by atoms with Gasteiger partial charge in [0.25, 0.3) is 0 Å². The molecule has 0 radical (unpaired) electrons. The van der Waals surface area contributed by atoms with Gasteiger partial charge < -0.3 is 0 Å². The van der Waals surface area contributed by atoms with Gasteiger partial charge in [-0.1, -0.05) is 18.2 Å². The van der Waals surface area contributed by atoms with Gasteiger partial charge in [-0.05, 0) is 30.4 Å². The molecule has 0 fully saturated rings. The van der Waals surface area contributed by atoms with Gasteiger partial charge in [-0.15, -0.1) is 0 Å². The highest BCUT2D eigenvalue weighted by Crippen LogP contribution is 2.30. The molecule has 5 heteroatoms. The Bertz CT molecular complexity index is 683. The fourth-order valence-corrected chi connectivity index (χ4v) is 2.88. The molecule has 1 aliphatic carbocycles. The largest absolute Gasteiger partial charge is 0.298 e. The van der Waals surface area contributed by atoms with Crippen molar-refractivity contribution in [1.29, 1.82) is 0 Å². The van der Waals surface area contributed by atoms with Crippen molar-refractivity contribution in [2.75, 3.05) is 0 Å². The van der Waals surface area contributed by atoms with Crippen LogP contribution in [-0.4, -0.2) is 24.2 Å². The maximum Gasteiger partial charge on any atom is 0.182 e. The summed E-state index contributed by atoms with van der Waals surface area (Å²) in [6, 6.07) is 6.36. The van der Waals surface area contributed by atoms with Crippen LogP contribution in [0.1, 0.15) is 23.1 Å². The molecule has 0 saturated carbocycles. The highest BCUT2D eigenvalue weighted by atomic mass is 15.2. The van der Waals surface area contributed by atoms with Crippen LogP contribution in [0.2, 0.25) is 0 Å². The lowest BCUT2D eigenvalue weighted by Gasteiger charge is -2.27. The Morgan fingerprint density at radius 1 is 1.05 bits per heavy atom. The second-order valence-electron chi connectivity index (χ2n) is 5.02. The van der Waals surface area contributed by atoms with E-state index in [0.29, 0.717) is 11.5 Å². The summed E-state index contributed by atoms with van der Waals surface area (Å²) in [7, 11) is 0. The second kappa shape index (κ2) is 3.68. The molecule has 1 aromatic carbocycles. The van der Waals surface area contributed by atoms with E-state index in [1.54, 1.807) is 0 Å².